The molecule has 2 aromatic rings. The van der Waals surface area contributed by atoms with Crippen LogP contribution in [0.2, 0.25) is 0 Å². The molecule has 0 bridgehead atoms. The first kappa shape index (κ1) is 10.9. The van der Waals surface area contributed by atoms with E-state index in [0.29, 0.717) is 23.2 Å². The van der Waals surface area contributed by atoms with Crippen molar-refractivity contribution in [2.24, 2.45) is 0 Å². The molecule has 5 nitrogen and oxygen atoms in total. The Balaban J connectivity index is 2.65. The summed E-state index contributed by atoms with van der Waals surface area (Å²) in [7, 11) is 0. The fraction of sp³-hybridized carbons (Fsp3) is 0.0833. The molecule has 2 heterocycles. The number of hydrogen-bond acceptors (Lipinski definition) is 3. The molecule has 0 radical (unpaired) electrons. The first-order valence-electron chi connectivity index (χ1n) is 4.79. The van der Waals surface area contributed by atoms with E-state index in [4.69, 9.17) is 5.11 Å². The predicted molar refractivity (Wildman–Crippen MR) is 59.8 cm³/mol. The lowest BCUT2D eigenvalue weighted by Gasteiger charge is -2.00. The second-order valence-corrected chi connectivity index (χ2v) is 3.46. The maximum atomic E-state index is 10.8. The molecular weight excluding hydrogens is 220 g/mol. The number of imidazole rings is 1. The average molecular weight is 228 g/mol. The molecule has 0 aliphatic rings. The molecule has 0 saturated heterocycles. The molecule has 0 fully saturated rings. The van der Waals surface area contributed by atoms with Gasteiger partial charge in [0, 0.05) is 17.7 Å². The number of hydrogen-bond donors (Lipinski definition) is 1. The standard InChI is InChI=1S/C12H8N2O3/c1-8-4-9(2-3-11(16)17)6-14-10(7-15)5-13-12(8)14/h4-7H,1H3,(H,16,17). The summed E-state index contributed by atoms with van der Waals surface area (Å²) in [6.07, 6.45) is 3.74. The lowest BCUT2D eigenvalue weighted by Crippen LogP contribution is -1.95. The Morgan fingerprint density at radius 1 is 1.59 bits per heavy atom. The van der Waals surface area contributed by atoms with Crippen molar-refractivity contribution >= 4 is 17.9 Å². The summed E-state index contributed by atoms with van der Waals surface area (Å²) in [6, 6.07) is 1.73. The van der Waals surface area contributed by atoms with E-state index in [1.807, 2.05) is 12.8 Å². The Labute approximate surface area is 96.7 Å². The highest BCUT2D eigenvalue weighted by molar-refractivity contribution is 5.87. The van der Waals surface area contributed by atoms with Crippen molar-refractivity contribution in [2.45, 2.75) is 6.92 Å². The number of nitrogens with zero attached hydrogens (tertiary/aromatic N) is 2. The minimum absolute atomic E-state index is 0.405. The molecule has 0 spiro atoms. The number of aryl methyl sites for hydroxylation is 1. The van der Waals surface area contributed by atoms with Gasteiger partial charge in [-0.1, -0.05) is 5.92 Å². The molecule has 17 heavy (non-hydrogen) atoms. The highest BCUT2D eigenvalue weighted by atomic mass is 16.4. The van der Waals surface area contributed by atoms with Gasteiger partial charge in [-0.2, -0.15) is 0 Å². The highest BCUT2D eigenvalue weighted by Gasteiger charge is 2.05. The normalized spacial score (nSPS) is 9.71. The molecule has 0 aromatic carbocycles. The van der Waals surface area contributed by atoms with Gasteiger partial charge < -0.3 is 5.11 Å². The van der Waals surface area contributed by atoms with E-state index in [2.05, 4.69) is 10.9 Å². The van der Waals surface area contributed by atoms with Crippen LogP contribution in [-0.2, 0) is 4.79 Å². The van der Waals surface area contributed by atoms with E-state index in [9.17, 15) is 9.59 Å². The number of carbonyl (C=O) groups excluding carboxylic acids is 1. The van der Waals surface area contributed by atoms with Gasteiger partial charge in [-0.25, -0.2) is 9.78 Å². The van der Waals surface area contributed by atoms with Crippen molar-refractivity contribution in [1.82, 2.24) is 9.38 Å². The van der Waals surface area contributed by atoms with Crippen molar-refractivity contribution in [3.63, 3.8) is 0 Å². The maximum absolute atomic E-state index is 10.8. The van der Waals surface area contributed by atoms with Gasteiger partial charge in [0.2, 0.25) is 0 Å². The zero-order chi connectivity index (χ0) is 12.4. The summed E-state index contributed by atoms with van der Waals surface area (Å²) in [4.78, 5) is 25.2. The molecule has 0 saturated carbocycles. The fourth-order valence-corrected chi connectivity index (χ4v) is 1.56. The quantitative estimate of drug-likeness (QED) is 0.581. The van der Waals surface area contributed by atoms with Crippen LogP contribution >= 0.6 is 0 Å². The zero-order valence-electron chi connectivity index (χ0n) is 8.97. The van der Waals surface area contributed by atoms with Gasteiger partial charge in [0.25, 0.3) is 0 Å². The van der Waals surface area contributed by atoms with Gasteiger partial charge in [0.1, 0.15) is 11.3 Å². The average Bonchev–Trinajstić information content (AvgIpc) is 2.69. The van der Waals surface area contributed by atoms with Gasteiger partial charge in [-0.05, 0) is 18.6 Å². The summed E-state index contributed by atoms with van der Waals surface area (Å²) in [6.45, 7) is 1.82. The molecule has 2 rings (SSSR count). The number of aliphatic carboxylic acids is 1. The number of aldehydes is 1. The number of pyridine rings is 1. The van der Waals surface area contributed by atoms with E-state index in [1.54, 1.807) is 16.7 Å². The Morgan fingerprint density at radius 2 is 2.35 bits per heavy atom. The smallest absolute Gasteiger partial charge is 0.382 e. The number of rotatable bonds is 1. The van der Waals surface area contributed by atoms with Crippen LogP contribution in [-0.4, -0.2) is 26.7 Å². The van der Waals surface area contributed by atoms with Gasteiger partial charge >= 0.3 is 5.97 Å². The third kappa shape index (κ3) is 2.01. The summed E-state index contributed by atoms with van der Waals surface area (Å²) in [5, 5.41) is 8.47. The molecular formula is C12H8N2O3. The topological polar surface area (TPSA) is 71.7 Å². The predicted octanol–water partition coefficient (Wildman–Crippen LogP) is 0.891. The van der Waals surface area contributed by atoms with Crippen LogP contribution in [0.1, 0.15) is 21.6 Å². The minimum Gasteiger partial charge on any atom is -0.472 e. The van der Waals surface area contributed by atoms with Gasteiger partial charge in [0.05, 0.1) is 6.20 Å². The molecule has 0 aliphatic heterocycles. The number of carboxylic acids is 1. The molecule has 84 valence electrons. The van der Waals surface area contributed by atoms with E-state index >= 15 is 0 Å². The van der Waals surface area contributed by atoms with E-state index in [-0.39, 0.29) is 0 Å². The summed E-state index contributed by atoms with van der Waals surface area (Å²) >= 11 is 0. The monoisotopic (exact) mass is 228 g/mol. The van der Waals surface area contributed by atoms with Crippen LogP contribution < -0.4 is 0 Å². The highest BCUT2D eigenvalue weighted by Crippen LogP contribution is 2.12. The third-order valence-corrected chi connectivity index (χ3v) is 2.25. The molecule has 1 N–H and O–H groups in total. The van der Waals surface area contributed by atoms with Gasteiger partial charge in [-0.15, -0.1) is 0 Å². The summed E-state index contributed by atoms with van der Waals surface area (Å²) < 4.78 is 1.59. The number of carbonyl (C=O) groups is 2. The molecule has 0 amide bonds. The summed E-state index contributed by atoms with van der Waals surface area (Å²) in [5.74, 6) is 3.34. The van der Waals surface area contributed by atoms with Crippen LogP contribution in [0.3, 0.4) is 0 Å². The third-order valence-electron chi connectivity index (χ3n) is 2.25. The maximum Gasteiger partial charge on any atom is 0.382 e. The van der Waals surface area contributed by atoms with Crippen LogP contribution in [0.5, 0.6) is 0 Å². The van der Waals surface area contributed by atoms with E-state index in [0.717, 1.165) is 5.56 Å². The lowest BCUT2D eigenvalue weighted by molar-refractivity contribution is -0.130. The molecule has 0 unspecified atom stereocenters. The van der Waals surface area contributed by atoms with Crippen LogP contribution in [0.15, 0.2) is 18.5 Å². The van der Waals surface area contributed by atoms with Crippen LogP contribution in [0.4, 0.5) is 0 Å². The lowest BCUT2D eigenvalue weighted by atomic mass is 10.2. The van der Waals surface area contributed by atoms with Crippen molar-refractivity contribution < 1.29 is 14.7 Å². The minimum atomic E-state index is -1.19. The molecule has 5 heteroatoms. The van der Waals surface area contributed by atoms with Crippen LogP contribution in [0.25, 0.3) is 5.65 Å². The largest absolute Gasteiger partial charge is 0.472 e. The second kappa shape index (κ2) is 4.10. The second-order valence-electron chi connectivity index (χ2n) is 3.46. The van der Waals surface area contributed by atoms with Gasteiger partial charge in [-0.3, -0.25) is 9.20 Å². The van der Waals surface area contributed by atoms with E-state index < -0.39 is 5.97 Å². The fourth-order valence-electron chi connectivity index (χ4n) is 1.56. The molecule has 0 atom stereocenters. The Kier molecular flexibility index (Phi) is 2.63. The molecule has 0 aliphatic carbocycles. The van der Waals surface area contributed by atoms with Gasteiger partial charge in [0.15, 0.2) is 6.29 Å². The number of fused-ring (bicyclic) bond motifs is 1. The first-order chi connectivity index (χ1) is 8.11. The Morgan fingerprint density at radius 3 is 3.00 bits per heavy atom. The Hall–Kier alpha value is -2.61. The SMILES string of the molecule is Cc1cc(C#CC(=O)O)cn2c(C=O)cnc12. The van der Waals surface area contributed by atoms with Crippen LogP contribution in [0, 0.1) is 18.8 Å². The van der Waals surface area contributed by atoms with Crippen molar-refractivity contribution in [3.8, 4) is 11.8 Å². The van der Waals surface area contributed by atoms with E-state index in [1.165, 1.54) is 6.20 Å². The number of aromatic nitrogens is 2. The molecule has 2 aromatic heterocycles. The van der Waals surface area contributed by atoms with Crippen molar-refractivity contribution in [1.29, 1.82) is 0 Å². The van der Waals surface area contributed by atoms with Crippen molar-refractivity contribution in [2.75, 3.05) is 0 Å². The zero-order valence-corrected chi connectivity index (χ0v) is 8.97. The first-order valence-corrected chi connectivity index (χ1v) is 4.79. The number of carboxylic acid groups (broad SMARTS) is 1. The van der Waals surface area contributed by atoms with Crippen molar-refractivity contribution in [3.05, 3.63) is 35.3 Å². The summed E-state index contributed by atoms with van der Waals surface area (Å²) in [5.41, 5.74) is 2.42. The Bertz CT molecular complexity index is 674.